The van der Waals surface area contributed by atoms with Gasteiger partial charge in [0.05, 0.1) is 5.56 Å². The van der Waals surface area contributed by atoms with E-state index < -0.39 is 5.82 Å². The summed E-state index contributed by atoms with van der Waals surface area (Å²) in [5.74, 6) is -0.211. The monoisotopic (exact) mass is 283 g/mol. The van der Waals surface area contributed by atoms with Crippen LogP contribution in [0.25, 0.3) is 11.0 Å². The van der Waals surface area contributed by atoms with Gasteiger partial charge >= 0.3 is 0 Å². The van der Waals surface area contributed by atoms with E-state index in [1.165, 1.54) is 18.2 Å². The number of carbonyl (C=O) groups excluding carboxylic acids is 1. The predicted octanol–water partition coefficient (Wildman–Crippen LogP) is 3.95. The number of para-hydroxylation sites is 1. The van der Waals surface area contributed by atoms with Crippen LogP contribution in [0.3, 0.4) is 0 Å². The first kappa shape index (κ1) is 13.4. The molecule has 1 aromatic heterocycles. The van der Waals surface area contributed by atoms with Gasteiger partial charge in [0.1, 0.15) is 17.2 Å². The lowest BCUT2D eigenvalue weighted by atomic mass is 9.98. The molecule has 2 N–H and O–H groups in total. The second-order valence-corrected chi connectivity index (χ2v) is 4.81. The molecular weight excluding hydrogens is 269 g/mol. The molecule has 3 rings (SSSR count). The maximum atomic E-state index is 13.4. The van der Waals surface area contributed by atoms with Gasteiger partial charge in [-0.1, -0.05) is 25.1 Å². The van der Waals surface area contributed by atoms with Gasteiger partial charge in [-0.2, -0.15) is 0 Å². The van der Waals surface area contributed by atoms with Crippen molar-refractivity contribution in [3.8, 4) is 0 Å². The summed E-state index contributed by atoms with van der Waals surface area (Å²) in [7, 11) is 0. The maximum Gasteiger partial charge on any atom is 0.199 e. The van der Waals surface area contributed by atoms with Crippen LogP contribution in [-0.2, 0) is 6.42 Å². The molecule has 3 aromatic rings. The van der Waals surface area contributed by atoms with Crippen LogP contribution >= 0.6 is 0 Å². The quantitative estimate of drug-likeness (QED) is 0.585. The molecule has 106 valence electrons. The highest BCUT2D eigenvalue weighted by Crippen LogP contribution is 2.30. The second-order valence-electron chi connectivity index (χ2n) is 4.81. The van der Waals surface area contributed by atoms with Crippen LogP contribution in [0.5, 0.6) is 0 Å². The Hall–Kier alpha value is -2.62. The SMILES string of the molecule is CCc1oc2ccccc2c1C(=O)c1cc(F)ccc1N. The highest BCUT2D eigenvalue weighted by atomic mass is 19.1. The summed E-state index contributed by atoms with van der Waals surface area (Å²) < 4.78 is 19.1. The van der Waals surface area contributed by atoms with Gasteiger partial charge in [0.15, 0.2) is 5.78 Å². The average molecular weight is 283 g/mol. The Bertz CT molecular complexity index is 836. The molecule has 0 saturated heterocycles. The predicted molar refractivity (Wildman–Crippen MR) is 79.8 cm³/mol. The smallest absolute Gasteiger partial charge is 0.199 e. The van der Waals surface area contributed by atoms with Crippen molar-refractivity contribution in [3.63, 3.8) is 0 Å². The van der Waals surface area contributed by atoms with Crippen LogP contribution in [0.4, 0.5) is 10.1 Å². The summed E-state index contributed by atoms with van der Waals surface area (Å²) in [4.78, 5) is 12.8. The number of benzene rings is 2. The van der Waals surface area contributed by atoms with Gasteiger partial charge in [0.25, 0.3) is 0 Å². The minimum absolute atomic E-state index is 0.163. The fourth-order valence-electron chi connectivity index (χ4n) is 2.45. The molecule has 0 unspecified atom stereocenters. The Morgan fingerprint density at radius 3 is 2.76 bits per heavy atom. The molecule has 1 heterocycles. The van der Waals surface area contributed by atoms with Crippen molar-refractivity contribution >= 4 is 22.4 Å². The van der Waals surface area contributed by atoms with Crippen molar-refractivity contribution in [2.45, 2.75) is 13.3 Å². The number of fused-ring (bicyclic) bond motifs is 1. The van der Waals surface area contributed by atoms with Gasteiger partial charge in [0.2, 0.25) is 0 Å². The van der Waals surface area contributed by atoms with Gasteiger partial charge in [-0.25, -0.2) is 4.39 Å². The van der Waals surface area contributed by atoms with E-state index >= 15 is 0 Å². The Labute approximate surface area is 121 Å². The van der Waals surface area contributed by atoms with E-state index in [9.17, 15) is 9.18 Å². The van der Waals surface area contributed by atoms with E-state index in [-0.39, 0.29) is 17.0 Å². The van der Waals surface area contributed by atoms with Crippen LogP contribution in [-0.4, -0.2) is 5.78 Å². The van der Waals surface area contributed by atoms with E-state index in [1.807, 2.05) is 25.1 Å². The zero-order valence-corrected chi connectivity index (χ0v) is 11.5. The number of hydrogen-bond donors (Lipinski definition) is 1. The number of nitrogen functional groups attached to an aromatic ring is 1. The number of ketones is 1. The van der Waals surface area contributed by atoms with Crippen LogP contribution in [0.15, 0.2) is 46.9 Å². The third-order valence-corrected chi connectivity index (χ3v) is 3.48. The Kier molecular flexibility index (Phi) is 3.22. The zero-order valence-electron chi connectivity index (χ0n) is 11.5. The first-order valence-electron chi connectivity index (χ1n) is 6.72. The molecule has 0 atom stereocenters. The second kappa shape index (κ2) is 5.05. The molecule has 0 radical (unpaired) electrons. The number of halogens is 1. The molecule has 2 aromatic carbocycles. The number of nitrogens with two attached hydrogens (primary N) is 1. The van der Waals surface area contributed by atoms with E-state index in [0.29, 0.717) is 23.3 Å². The largest absolute Gasteiger partial charge is 0.460 e. The fourth-order valence-corrected chi connectivity index (χ4v) is 2.45. The zero-order chi connectivity index (χ0) is 15.0. The molecule has 0 aliphatic carbocycles. The van der Waals surface area contributed by atoms with Gasteiger partial charge < -0.3 is 10.2 Å². The molecule has 0 saturated carbocycles. The van der Waals surface area contributed by atoms with E-state index in [4.69, 9.17) is 10.2 Å². The van der Waals surface area contributed by atoms with Crippen LogP contribution < -0.4 is 5.73 Å². The molecule has 0 amide bonds. The highest BCUT2D eigenvalue weighted by Gasteiger charge is 2.22. The summed E-state index contributed by atoms with van der Waals surface area (Å²) in [5.41, 5.74) is 7.34. The molecule has 0 aliphatic rings. The van der Waals surface area contributed by atoms with E-state index in [0.717, 1.165) is 5.39 Å². The van der Waals surface area contributed by atoms with Crippen molar-refractivity contribution in [2.24, 2.45) is 0 Å². The number of anilines is 1. The third kappa shape index (κ3) is 2.18. The number of furan rings is 1. The summed E-state index contributed by atoms with van der Waals surface area (Å²) in [6, 6.07) is 11.1. The number of hydrogen-bond acceptors (Lipinski definition) is 3. The van der Waals surface area contributed by atoms with E-state index in [1.54, 1.807) is 6.07 Å². The average Bonchev–Trinajstić information content (AvgIpc) is 2.87. The van der Waals surface area contributed by atoms with Crippen LogP contribution in [0.2, 0.25) is 0 Å². The molecule has 21 heavy (non-hydrogen) atoms. The minimum Gasteiger partial charge on any atom is -0.460 e. The first-order valence-corrected chi connectivity index (χ1v) is 6.72. The lowest BCUT2D eigenvalue weighted by molar-refractivity contribution is 0.103. The highest BCUT2D eigenvalue weighted by molar-refractivity contribution is 6.18. The van der Waals surface area contributed by atoms with Crippen molar-refractivity contribution < 1.29 is 13.6 Å². The van der Waals surface area contributed by atoms with Crippen LogP contribution in [0.1, 0.15) is 28.6 Å². The molecule has 4 heteroatoms. The molecule has 3 nitrogen and oxygen atoms in total. The minimum atomic E-state index is -0.488. The normalized spacial score (nSPS) is 11.0. The van der Waals surface area contributed by atoms with Gasteiger partial charge in [-0.15, -0.1) is 0 Å². The number of rotatable bonds is 3. The number of carbonyl (C=O) groups is 1. The van der Waals surface area contributed by atoms with Crippen molar-refractivity contribution in [1.82, 2.24) is 0 Å². The van der Waals surface area contributed by atoms with E-state index in [2.05, 4.69) is 0 Å². The standard InChI is InChI=1S/C17H14FNO2/c1-2-14-16(11-5-3-4-6-15(11)21-14)17(20)12-9-10(18)7-8-13(12)19/h3-9H,2,19H2,1H3. The van der Waals surface area contributed by atoms with Gasteiger partial charge in [-0.05, 0) is 24.3 Å². The summed E-state index contributed by atoms with van der Waals surface area (Å²) in [5, 5.41) is 0.725. The number of aryl methyl sites for hydroxylation is 1. The van der Waals surface area contributed by atoms with Gasteiger partial charge in [-0.3, -0.25) is 4.79 Å². The molecule has 0 bridgehead atoms. The van der Waals surface area contributed by atoms with Gasteiger partial charge in [0, 0.05) is 23.1 Å². The fraction of sp³-hybridized carbons (Fsp3) is 0.118. The summed E-state index contributed by atoms with van der Waals surface area (Å²) in [6.07, 6.45) is 0.574. The summed E-state index contributed by atoms with van der Waals surface area (Å²) in [6.45, 7) is 1.91. The lowest BCUT2D eigenvalue weighted by Gasteiger charge is -2.05. The topological polar surface area (TPSA) is 56.2 Å². The molecule has 0 spiro atoms. The van der Waals surface area contributed by atoms with Crippen molar-refractivity contribution in [2.75, 3.05) is 5.73 Å². The van der Waals surface area contributed by atoms with Crippen LogP contribution in [0, 0.1) is 5.82 Å². The molecular formula is C17H14FNO2. The van der Waals surface area contributed by atoms with Crippen molar-refractivity contribution in [1.29, 1.82) is 0 Å². The van der Waals surface area contributed by atoms with Crippen molar-refractivity contribution in [3.05, 3.63) is 65.2 Å². The maximum absolute atomic E-state index is 13.4. The third-order valence-electron chi connectivity index (χ3n) is 3.48. The Morgan fingerprint density at radius 1 is 1.24 bits per heavy atom. The Morgan fingerprint density at radius 2 is 2.00 bits per heavy atom. The molecule has 0 aliphatic heterocycles. The first-order chi connectivity index (χ1) is 10.1. The molecule has 0 fully saturated rings. The summed E-state index contributed by atoms with van der Waals surface area (Å²) >= 11 is 0. The lowest BCUT2D eigenvalue weighted by Crippen LogP contribution is -2.07. The Balaban J connectivity index is 2.24.